The summed E-state index contributed by atoms with van der Waals surface area (Å²) in [6.45, 7) is 13.7. The fourth-order valence-electron chi connectivity index (χ4n) is 3.44. The summed E-state index contributed by atoms with van der Waals surface area (Å²) in [6.07, 6.45) is 2.33. The highest BCUT2D eigenvalue weighted by molar-refractivity contribution is 7.99. The second kappa shape index (κ2) is 8.19. The van der Waals surface area contributed by atoms with E-state index in [0.717, 1.165) is 56.8 Å². The molecule has 2 heterocycles. The van der Waals surface area contributed by atoms with E-state index in [0.29, 0.717) is 5.92 Å². The number of aromatic nitrogens is 1. The number of rotatable bonds is 7. The molecule has 0 unspecified atom stereocenters. The Labute approximate surface area is 149 Å². The van der Waals surface area contributed by atoms with Gasteiger partial charge in [-0.3, -0.25) is 0 Å². The van der Waals surface area contributed by atoms with Gasteiger partial charge in [0.15, 0.2) is 5.58 Å². The van der Waals surface area contributed by atoms with Crippen LogP contribution in [0.5, 0.6) is 0 Å². The molecule has 5 heteroatoms. The van der Waals surface area contributed by atoms with Crippen LogP contribution in [0.2, 0.25) is 0 Å². The lowest BCUT2D eigenvalue weighted by Crippen LogP contribution is -2.37. The third kappa shape index (κ3) is 4.02. The monoisotopic (exact) mass is 345 g/mol. The molecule has 0 spiro atoms. The first-order chi connectivity index (χ1) is 11.7. The molecule has 0 radical (unpaired) electrons. The van der Waals surface area contributed by atoms with Gasteiger partial charge in [0, 0.05) is 30.9 Å². The molecule has 1 aliphatic rings. The van der Waals surface area contributed by atoms with Gasteiger partial charge in [-0.25, -0.2) is 4.31 Å². The van der Waals surface area contributed by atoms with Crippen LogP contribution < -0.4 is 0 Å². The molecule has 1 saturated heterocycles. The molecular formula is C19H27N3OS. The third-order valence-corrected chi connectivity index (χ3v) is 5.76. The maximum Gasteiger partial charge on any atom is 0.167 e. The Hall–Kier alpha value is -1.30. The van der Waals surface area contributed by atoms with Crippen LogP contribution in [0.25, 0.3) is 11.0 Å². The van der Waals surface area contributed by atoms with E-state index in [9.17, 15) is 0 Å². The van der Waals surface area contributed by atoms with Crippen LogP contribution in [0.15, 0.2) is 34.7 Å². The van der Waals surface area contributed by atoms with E-state index in [2.05, 4.69) is 46.9 Å². The third-order valence-electron chi connectivity index (χ3n) is 4.87. The molecule has 24 heavy (non-hydrogen) atoms. The summed E-state index contributed by atoms with van der Waals surface area (Å²) >= 11 is 1.71. The smallest absolute Gasteiger partial charge is 0.167 e. The van der Waals surface area contributed by atoms with Gasteiger partial charge in [-0.2, -0.15) is 0 Å². The Morgan fingerprint density at radius 3 is 2.92 bits per heavy atom. The first-order valence-corrected chi connectivity index (χ1v) is 9.65. The predicted molar refractivity (Wildman–Crippen MR) is 102 cm³/mol. The standard InChI is InChI=1S/C19H27N3OS/c1-4-22(24-5-2)13-12-21-10-8-16(9-11-21)19-17-14-15(3)6-7-18(17)23-20-19/h5-7,14,16H,2,4,8-13H2,1,3H3. The number of hydrogen-bond donors (Lipinski definition) is 0. The number of fused-ring (bicyclic) bond motifs is 1. The molecule has 2 aromatic rings. The summed E-state index contributed by atoms with van der Waals surface area (Å²) in [5.74, 6) is 0.522. The topological polar surface area (TPSA) is 32.5 Å². The average Bonchev–Trinajstić information content (AvgIpc) is 3.02. The molecule has 130 valence electrons. The van der Waals surface area contributed by atoms with Gasteiger partial charge in [0.1, 0.15) is 0 Å². The van der Waals surface area contributed by atoms with E-state index < -0.39 is 0 Å². The van der Waals surface area contributed by atoms with E-state index in [4.69, 9.17) is 4.52 Å². The Morgan fingerprint density at radius 2 is 2.21 bits per heavy atom. The fraction of sp³-hybridized carbons (Fsp3) is 0.526. The molecule has 1 aromatic heterocycles. The van der Waals surface area contributed by atoms with Crippen molar-refractivity contribution >= 4 is 22.9 Å². The highest BCUT2D eigenvalue weighted by atomic mass is 32.2. The van der Waals surface area contributed by atoms with Gasteiger partial charge in [0.2, 0.25) is 0 Å². The van der Waals surface area contributed by atoms with E-state index in [-0.39, 0.29) is 0 Å². The van der Waals surface area contributed by atoms with Crippen molar-refractivity contribution in [3.63, 3.8) is 0 Å². The van der Waals surface area contributed by atoms with Crippen LogP contribution in [0.3, 0.4) is 0 Å². The largest absolute Gasteiger partial charge is 0.356 e. The second-order valence-electron chi connectivity index (χ2n) is 6.48. The summed E-state index contributed by atoms with van der Waals surface area (Å²) in [5, 5.41) is 7.49. The average molecular weight is 346 g/mol. The normalized spacial score (nSPS) is 17.0. The zero-order valence-corrected chi connectivity index (χ0v) is 15.5. The van der Waals surface area contributed by atoms with Crippen LogP contribution in [0.1, 0.15) is 36.9 Å². The maximum atomic E-state index is 5.52. The summed E-state index contributed by atoms with van der Waals surface area (Å²) in [6, 6.07) is 6.33. The molecule has 4 nitrogen and oxygen atoms in total. The molecule has 1 fully saturated rings. The lowest BCUT2D eigenvalue weighted by atomic mass is 9.91. The zero-order chi connectivity index (χ0) is 16.9. The van der Waals surface area contributed by atoms with Gasteiger partial charge in [-0.05, 0) is 50.4 Å². The second-order valence-corrected chi connectivity index (χ2v) is 7.54. The lowest BCUT2D eigenvalue weighted by Gasteiger charge is -2.32. The minimum absolute atomic E-state index is 0.522. The number of aryl methyl sites for hydroxylation is 1. The van der Waals surface area contributed by atoms with Gasteiger partial charge < -0.3 is 9.42 Å². The van der Waals surface area contributed by atoms with Crippen LogP contribution in [0.4, 0.5) is 0 Å². The number of nitrogens with zero attached hydrogens (tertiary/aromatic N) is 3. The molecule has 0 N–H and O–H groups in total. The number of hydrogen-bond acceptors (Lipinski definition) is 5. The fourth-order valence-corrected chi connectivity index (χ4v) is 3.99. The molecule has 3 rings (SSSR count). The van der Waals surface area contributed by atoms with Crippen LogP contribution in [0, 0.1) is 6.92 Å². The minimum atomic E-state index is 0.522. The van der Waals surface area contributed by atoms with Gasteiger partial charge >= 0.3 is 0 Å². The van der Waals surface area contributed by atoms with Gasteiger partial charge in [-0.1, -0.05) is 42.2 Å². The Bertz CT molecular complexity index is 676. The van der Waals surface area contributed by atoms with Crippen LogP contribution in [-0.4, -0.2) is 47.1 Å². The molecule has 0 saturated carbocycles. The van der Waals surface area contributed by atoms with Crippen LogP contribution >= 0.6 is 11.9 Å². The van der Waals surface area contributed by atoms with Crippen molar-refractivity contribution < 1.29 is 4.52 Å². The molecule has 1 aliphatic heterocycles. The first kappa shape index (κ1) is 17.5. The number of likely N-dealkylation sites (tertiary alicyclic amines) is 1. The van der Waals surface area contributed by atoms with E-state index >= 15 is 0 Å². The minimum Gasteiger partial charge on any atom is -0.356 e. The van der Waals surface area contributed by atoms with Crippen molar-refractivity contribution in [1.29, 1.82) is 0 Å². The van der Waals surface area contributed by atoms with E-state index in [1.54, 1.807) is 11.9 Å². The molecule has 0 aliphatic carbocycles. The maximum absolute atomic E-state index is 5.52. The first-order valence-electron chi connectivity index (χ1n) is 8.82. The Balaban J connectivity index is 1.56. The van der Waals surface area contributed by atoms with Crippen molar-refractivity contribution in [2.75, 3.05) is 32.7 Å². The predicted octanol–water partition coefficient (Wildman–Crippen LogP) is 4.43. The molecule has 0 atom stereocenters. The number of likely N-dealkylation sites (N-methyl/N-ethyl adjacent to an activating group) is 1. The zero-order valence-electron chi connectivity index (χ0n) is 14.7. The van der Waals surface area contributed by atoms with Crippen molar-refractivity contribution in [2.45, 2.75) is 32.6 Å². The van der Waals surface area contributed by atoms with Crippen LogP contribution in [-0.2, 0) is 0 Å². The SMILES string of the molecule is C=CSN(CC)CCN1CCC(c2noc3ccc(C)cc23)CC1. The van der Waals surface area contributed by atoms with Gasteiger partial charge in [-0.15, -0.1) is 0 Å². The molecule has 0 amide bonds. The molecule has 0 bridgehead atoms. The number of benzene rings is 1. The van der Waals surface area contributed by atoms with Crippen molar-refractivity contribution in [2.24, 2.45) is 0 Å². The Kier molecular flexibility index (Phi) is 5.98. The molecular weight excluding hydrogens is 318 g/mol. The summed E-state index contributed by atoms with van der Waals surface area (Å²) in [7, 11) is 0. The van der Waals surface area contributed by atoms with Gasteiger partial charge in [0.05, 0.1) is 5.69 Å². The van der Waals surface area contributed by atoms with Gasteiger partial charge in [0.25, 0.3) is 0 Å². The lowest BCUT2D eigenvalue weighted by molar-refractivity contribution is 0.200. The Morgan fingerprint density at radius 1 is 1.42 bits per heavy atom. The van der Waals surface area contributed by atoms with Crippen molar-refractivity contribution in [3.8, 4) is 0 Å². The highest BCUT2D eigenvalue weighted by Crippen LogP contribution is 2.32. The summed E-state index contributed by atoms with van der Waals surface area (Å²) in [5.41, 5.74) is 3.34. The number of piperidine rings is 1. The quantitative estimate of drug-likeness (QED) is 0.693. The van der Waals surface area contributed by atoms with E-state index in [1.165, 1.54) is 10.9 Å². The van der Waals surface area contributed by atoms with Crippen molar-refractivity contribution in [3.05, 3.63) is 41.4 Å². The van der Waals surface area contributed by atoms with Crippen molar-refractivity contribution in [1.82, 2.24) is 14.4 Å². The molecule has 1 aromatic carbocycles. The summed E-state index contributed by atoms with van der Waals surface area (Å²) in [4.78, 5) is 2.57. The highest BCUT2D eigenvalue weighted by Gasteiger charge is 2.25. The van der Waals surface area contributed by atoms with E-state index in [1.807, 2.05) is 11.5 Å². The summed E-state index contributed by atoms with van der Waals surface area (Å²) < 4.78 is 7.88.